The number of ether oxygens (including phenoxy) is 2. The number of hydrogen-bond donors (Lipinski definition) is 1. The third-order valence-electron chi connectivity index (χ3n) is 17.4. The number of halogens is 8. The van der Waals surface area contributed by atoms with Crippen LogP contribution < -0.4 is 5.73 Å². The average molecular weight is 1710 g/mol. The zero-order valence-corrected chi connectivity index (χ0v) is 74.0. The Hall–Kier alpha value is -5.18. The van der Waals surface area contributed by atoms with Gasteiger partial charge in [-0.15, -0.1) is 91.8 Å². The monoisotopic (exact) mass is 1700 g/mol. The van der Waals surface area contributed by atoms with Crippen LogP contribution in [0, 0.1) is 0 Å². The van der Waals surface area contributed by atoms with Crippen molar-refractivity contribution in [3.05, 3.63) is 138 Å². The number of benzene rings is 3. The second-order valence-corrected chi connectivity index (χ2v) is 36.0. The number of aldehydes is 1. The highest BCUT2D eigenvalue weighted by molar-refractivity contribution is 7.16. The maximum Gasteiger partial charge on any atom is 0.471 e. The molecular formula is C78H114Cl5F3N14O6S4. The molecule has 5 aliphatic rings. The van der Waals surface area contributed by atoms with Gasteiger partial charge in [-0.3, -0.25) is 19.4 Å². The van der Waals surface area contributed by atoms with Gasteiger partial charge >= 0.3 is 24.3 Å². The molecule has 12 rings (SSSR count). The summed E-state index contributed by atoms with van der Waals surface area (Å²) in [6.45, 7) is 29.7. The summed E-state index contributed by atoms with van der Waals surface area (Å²) < 4.78 is 46.5. The van der Waals surface area contributed by atoms with Crippen LogP contribution in [0.4, 0.5) is 22.8 Å². The molecule has 0 unspecified atom stereocenters. The molecule has 20 nitrogen and oxygen atoms in total. The van der Waals surface area contributed by atoms with Gasteiger partial charge in [-0.1, -0.05) is 112 Å². The molecule has 4 aromatic heterocycles. The van der Waals surface area contributed by atoms with Crippen molar-refractivity contribution in [3.63, 3.8) is 0 Å². The van der Waals surface area contributed by atoms with Crippen LogP contribution in [0.5, 0.6) is 0 Å². The number of aromatic nitrogens is 4. The highest BCUT2D eigenvalue weighted by atomic mass is 35.5. The zero-order chi connectivity index (χ0) is 82.2. The van der Waals surface area contributed by atoms with Crippen LogP contribution in [0.2, 0.25) is 4.47 Å². The van der Waals surface area contributed by atoms with Crippen LogP contribution in [-0.2, 0) is 53.0 Å². The first-order valence-corrected chi connectivity index (χ1v) is 42.2. The molecule has 110 heavy (non-hydrogen) atoms. The standard InChI is InChI=1S/2C17H23N3S.C12H11NOS.C10H20N2O2.C8H16N2O2.C7H11F3N2O.C5H6ClNS.2CH2Cl2/c2*1-4-16-9-18-17(21-16)14-7-5-13(6-8-14)10-20-11-15(12-20)19(2)3;1-2-11-7-13-12(15-11)10-5-3-9(8-14)4-6-10;1-10(2,3)14-9(13)12-6-8(7-12)11(4)5;1-8(2,3)12-7(11)10-4-6(9)5-10;1-11(2)5-3-12(4-5)6(13)7(8,9)10;1-2-4-3-7-5(6)8-4;2*2-1-3/h2*5-9,15H,4,10-12H2,1-3H3;3-8H,2H2,1H3;8H,6-7H2,1-5H3;6H,4-5,9H2,1-3H3;5H,3-4H2,1-2H3;3H,2H2,1H3;2*1H2. The van der Waals surface area contributed by atoms with Gasteiger partial charge in [-0.2, -0.15) is 13.2 Å². The van der Waals surface area contributed by atoms with E-state index >= 15 is 0 Å². The first-order chi connectivity index (χ1) is 51.8. The van der Waals surface area contributed by atoms with Crippen molar-refractivity contribution in [2.24, 2.45) is 5.73 Å². The molecule has 0 bridgehead atoms. The summed E-state index contributed by atoms with van der Waals surface area (Å²) in [5.74, 6) is -1.73. The Morgan fingerprint density at radius 3 is 1.00 bits per heavy atom. The molecule has 2 N–H and O–H groups in total. The van der Waals surface area contributed by atoms with Crippen molar-refractivity contribution in [3.8, 4) is 31.7 Å². The lowest BCUT2D eigenvalue weighted by molar-refractivity contribution is -0.191. The van der Waals surface area contributed by atoms with Crippen LogP contribution in [-0.4, -0.2) is 269 Å². The van der Waals surface area contributed by atoms with E-state index in [1.54, 1.807) is 74.1 Å². The van der Waals surface area contributed by atoms with E-state index in [1.807, 2.05) is 105 Å². The maximum atomic E-state index is 11.8. The fourth-order valence-electron chi connectivity index (χ4n) is 10.4. The number of carbonyl (C=O) groups excluding carboxylic acids is 4. The largest absolute Gasteiger partial charge is 0.471 e. The van der Waals surface area contributed by atoms with E-state index in [-0.39, 0.29) is 53.6 Å². The number of rotatable bonds is 16. The number of nitrogens with zero attached hydrogens (tertiary/aromatic N) is 13. The molecule has 0 radical (unpaired) electrons. The number of thiazole rings is 4. The molecule has 0 spiro atoms. The number of likely N-dealkylation sites (N-methyl/N-ethyl adjacent to an activating group) is 4. The molecule has 32 heteroatoms. The van der Waals surface area contributed by atoms with Crippen molar-refractivity contribution < 1.29 is 41.8 Å². The molecule has 0 saturated carbocycles. The number of hydrogen-bond acceptors (Lipinski definition) is 21. The van der Waals surface area contributed by atoms with E-state index in [1.165, 1.54) is 67.9 Å². The number of carbonyl (C=O) groups is 4. The Morgan fingerprint density at radius 2 is 0.755 bits per heavy atom. The van der Waals surface area contributed by atoms with Gasteiger partial charge in [0.1, 0.15) is 32.5 Å². The minimum absolute atomic E-state index is 0.0614. The Bertz CT molecular complexity index is 3660. The smallest absolute Gasteiger partial charge is 0.444 e. The summed E-state index contributed by atoms with van der Waals surface area (Å²) in [4.78, 5) is 84.0. The lowest BCUT2D eigenvalue weighted by Crippen LogP contribution is -2.61. The molecule has 7 aromatic rings. The summed E-state index contributed by atoms with van der Waals surface area (Å²) in [6, 6.07) is 27.4. The summed E-state index contributed by atoms with van der Waals surface area (Å²) >= 11 is 31.4. The van der Waals surface area contributed by atoms with E-state index in [2.05, 4.69) is 149 Å². The minimum Gasteiger partial charge on any atom is -0.444 e. The van der Waals surface area contributed by atoms with Gasteiger partial charge in [-0.25, -0.2) is 29.5 Å². The van der Waals surface area contributed by atoms with Gasteiger partial charge in [0, 0.05) is 175 Å². The Balaban J connectivity index is 0.000000272. The number of nitrogens with two attached hydrogens (primary N) is 1. The molecule has 0 atom stereocenters. The van der Waals surface area contributed by atoms with Crippen molar-refractivity contribution in [1.29, 1.82) is 0 Å². The SMILES string of the molecule is CC(C)(C)OC(=O)N1CC(N)C1.CCc1cnc(-c2ccc(C=O)cc2)s1.CCc1cnc(-c2ccc(CN3CC(N(C)C)C3)cc2)s1.CCc1cnc(-c2ccc(CN3CC(N(C)C)C3)cc2)s1.CCc1cnc(Cl)s1.CN(C)C1CN(C(=O)C(F)(F)F)C1.CN(C)C1CN(C(=O)OC(C)(C)C)C1.ClCCl.ClCCl. The molecule has 9 heterocycles. The Morgan fingerprint density at radius 1 is 0.473 bits per heavy atom. The Labute approximate surface area is 692 Å². The summed E-state index contributed by atoms with van der Waals surface area (Å²) in [5.41, 5.74) is 11.8. The first-order valence-electron chi connectivity index (χ1n) is 36.4. The second kappa shape index (κ2) is 48.3. The molecule has 5 aliphatic heterocycles. The predicted octanol–water partition coefficient (Wildman–Crippen LogP) is 16.7. The van der Waals surface area contributed by atoms with E-state index in [0.29, 0.717) is 29.2 Å². The van der Waals surface area contributed by atoms with Gasteiger partial charge in [0.25, 0.3) is 0 Å². The van der Waals surface area contributed by atoms with Gasteiger partial charge < -0.3 is 49.5 Å². The fourth-order valence-corrected chi connectivity index (χ4v) is 13.8. The third-order valence-corrected chi connectivity index (χ3v) is 22.2. The lowest BCUT2D eigenvalue weighted by atomic mass is 10.1. The minimum atomic E-state index is -4.72. The van der Waals surface area contributed by atoms with Crippen LogP contribution >= 0.6 is 103 Å². The van der Waals surface area contributed by atoms with E-state index in [0.717, 1.165) is 95.7 Å². The molecule has 5 saturated heterocycles. The van der Waals surface area contributed by atoms with Crippen LogP contribution in [0.1, 0.15) is 110 Å². The highest BCUT2D eigenvalue weighted by Gasteiger charge is 2.47. The van der Waals surface area contributed by atoms with Gasteiger partial charge in [0.2, 0.25) is 0 Å². The third kappa shape index (κ3) is 34.9. The van der Waals surface area contributed by atoms with Crippen molar-refractivity contribution in [2.75, 3.05) is 133 Å². The summed E-state index contributed by atoms with van der Waals surface area (Å²) in [5, 5.41) is 3.68. The lowest BCUT2D eigenvalue weighted by Gasteiger charge is -2.42. The zero-order valence-electron chi connectivity index (χ0n) is 66.9. The van der Waals surface area contributed by atoms with Gasteiger partial charge in [-0.05, 0) is 135 Å². The number of alkyl halides is 7. The quantitative estimate of drug-likeness (QED) is 0.0708. The van der Waals surface area contributed by atoms with Gasteiger partial charge in [0.05, 0.1) is 10.7 Å². The van der Waals surface area contributed by atoms with Crippen LogP contribution in [0.3, 0.4) is 0 Å². The van der Waals surface area contributed by atoms with Crippen LogP contribution in [0.25, 0.3) is 31.7 Å². The van der Waals surface area contributed by atoms with Crippen molar-refractivity contribution in [2.45, 2.75) is 156 Å². The fraction of sp³-hybridized carbons (Fsp3) is 0.564. The van der Waals surface area contributed by atoms with Crippen molar-refractivity contribution >= 4 is 128 Å². The summed E-state index contributed by atoms with van der Waals surface area (Å²) in [7, 11) is 16.3. The normalized spacial score (nSPS) is 15.3. The molecular weight excluding hydrogens is 1590 g/mol. The molecule has 612 valence electrons. The predicted molar refractivity (Wildman–Crippen MR) is 452 cm³/mol. The Kier molecular flexibility index (Phi) is 42.6. The van der Waals surface area contributed by atoms with E-state index in [9.17, 15) is 32.3 Å². The van der Waals surface area contributed by atoms with E-state index in [4.69, 9.17) is 73.2 Å². The molecule has 3 amide bonds. The number of aryl methyl sites for hydroxylation is 4. The highest BCUT2D eigenvalue weighted by Crippen LogP contribution is 2.31. The average Bonchev–Trinajstić information content (AvgIpc) is 1.15. The number of amides is 3. The van der Waals surface area contributed by atoms with Crippen molar-refractivity contribution in [1.82, 2.24) is 64.0 Å². The molecule has 5 fully saturated rings. The first kappa shape index (κ1) is 97.2. The molecule has 0 aliphatic carbocycles. The van der Waals surface area contributed by atoms with Crippen LogP contribution in [0.15, 0.2) is 97.6 Å². The second-order valence-electron chi connectivity index (χ2n) is 29.3. The maximum absolute atomic E-state index is 11.8. The summed E-state index contributed by atoms with van der Waals surface area (Å²) in [6.07, 6.45) is 7.57. The van der Waals surface area contributed by atoms with Gasteiger partial charge in [0.15, 0.2) is 4.47 Å². The number of likely N-dealkylation sites (tertiary alicyclic amines) is 5. The van der Waals surface area contributed by atoms with E-state index < -0.39 is 17.7 Å². The molecule has 3 aromatic carbocycles. The topological polar surface area (TPSA) is 193 Å².